The molecule has 0 fully saturated rings. The van der Waals surface area contributed by atoms with E-state index in [-0.39, 0.29) is 0 Å². The molecule has 0 radical (unpaired) electrons. The van der Waals surface area contributed by atoms with E-state index in [9.17, 15) is 5.11 Å². The van der Waals surface area contributed by atoms with Gasteiger partial charge >= 0.3 is 0 Å². The summed E-state index contributed by atoms with van der Waals surface area (Å²) in [5.74, 6) is 1.07. The first-order valence-electron chi connectivity index (χ1n) is 5.63. The molecule has 2 aromatic heterocycles. The molecule has 0 bridgehead atoms. The fourth-order valence-corrected chi connectivity index (χ4v) is 2.83. The van der Waals surface area contributed by atoms with Crippen LogP contribution in [0.15, 0.2) is 18.6 Å². The van der Waals surface area contributed by atoms with E-state index in [0.29, 0.717) is 0 Å². The van der Waals surface area contributed by atoms with Crippen LogP contribution in [-0.4, -0.2) is 26.2 Å². The topological polar surface area (TPSA) is 54.2 Å². The third-order valence-corrected chi connectivity index (χ3v) is 4.17. The maximum Gasteiger partial charge on any atom is 0.186 e. The van der Waals surface area contributed by atoms with E-state index < -0.39 is 6.10 Å². The number of rotatable bonds is 2. The van der Waals surface area contributed by atoms with Gasteiger partial charge in [0.05, 0.1) is 17.5 Å². The highest BCUT2D eigenvalue weighted by atomic mass is 32.1. The minimum Gasteiger partial charge on any atom is -0.388 e. The lowest BCUT2D eigenvalue weighted by Gasteiger charge is -2.27. The maximum atomic E-state index is 9.50. The van der Waals surface area contributed by atoms with E-state index >= 15 is 0 Å². The number of anilines is 1. The van der Waals surface area contributed by atoms with Crippen molar-refractivity contribution in [3.05, 3.63) is 29.3 Å². The van der Waals surface area contributed by atoms with E-state index in [1.165, 1.54) is 0 Å². The Hall–Kier alpha value is -1.40. The fourth-order valence-electron chi connectivity index (χ4n) is 1.95. The van der Waals surface area contributed by atoms with Crippen molar-refractivity contribution in [1.82, 2.24) is 14.5 Å². The molecule has 3 heterocycles. The second kappa shape index (κ2) is 4.12. The quantitative estimate of drug-likeness (QED) is 0.875. The standard InChI is InChI=1S/C11H14N4OS/c1-8(16)9-6-13-11(17-9)15-5-4-14-3-2-12-10(14)7-15/h2-3,6,8,16H,4-5,7H2,1H3. The first-order valence-corrected chi connectivity index (χ1v) is 6.44. The molecule has 1 N–H and O–H groups in total. The molecule has 0 spiro atoms. The summed E-state index contributed by atoms with van der Waals surface area (Å²) in [6.07, 6.45) is 5.16. The van der Waals surface area contributed by atoms with Crippen LogP contribution in [0.1, 0.15) is 23.7 Å². The van der Waals surface area contributed by atoms with Gasteiger partial charge in [-0.2, -0.15) is 0 Å². The highest BCUT2D eigenvalue weighted by Crippen LogP contribution is 2.28. The summed E-state index contributed by atoms with van der Waals surface area (Å²) in [6, 6.07) is 0. The first kappa shape index (κ1) is 10.7. The Labute approximate surface area is 103 Å². The number of hydrogen-bond donors (Lipinski definition) is 1. The van der Waals surface area contributed by atoms with Crippen LogP contribution in [0, 0.1) is 0 Å². The molecule has 1 atom stereocenters. The molecule has 1 unspecified atom stereocenters. The van der Waals surface area contributed by atoms with Crippen LogP contribution in [0.25, 0.3) is 0 Å². The van der Waals surface area contributed by atoms with Crippen molar-refractivity contribution in [2.24, 2.45) is 0 Å². The predicted octanol–water partition coefficient (Wildman–Crippen LogP) is 1.41. The van der Waals surface area contributed by atoms with Crippen molar-refractivity contribution >= 4 is 16.5 Å². The van der Waals surface area contributed by atoms with Crippen molar-refractivity contribution in [1.29, 1.82) is 0 Å². The average molecular weight is 250 g/mol. The SMILES string of the molecule is CC(O)c1cnc(N2CCn3ccnc3C2)s1. The van der Waals surface area contributed by atoms with E-state index in [2.05, 4.69) is 19.4 Å². The van der Waals surface area contributed by atoms with Gasteiger partial charge in [0.1, 0.15) is 5.82 Å². The van der Waals surface area contributed by atoms with Crippen LogP contribution in [0.4, 0.5) is 5.13 Å². The first-order chi connectivity index (χ1) is 8.24. The van der Waals surface area contributed by atoms with Crippen molar-refractivity contribution in [2.75, 3.05) is 11.4 Å². The summed E-state index contributed by atoms with van der Waals surface area (Å²) in [7, 11) is 0. The minimum absolute atomic E-state index is 0.437. The van der Waals surface area contributed by atoms with Crippen molar-refractivity contribution in [3.8, 4) is 0 Å². The Morgan fingerprint density at radius 1 is 1.41 bits per heavy atom. The van der Waals surface area contributed by atoms with Gasteiger partial charge in [-0.15, -0.1) is 0 Å². The Bertz CT molecular complexity index is 519. The Morgan fingerprint density at radius 2 is 2.29 bits per heavy atom. The number of nitrogens with zero attached hydrogens (tertiary/aromatic N) is 4. The zero-order valence-electron chi connectivity index (χ0n) is 9.58. The molecule has 0 amide bonds. The molecule has 0 saturated heterocycles. The summed E-state index contributed by atoms with van der Waals surface area (Å²) in [5.41, 5.74) is 0. The van der Waals surface area contributed by atoms with Gasteiger partial charge < -0.3 is 14.6 Å². The fraction of sp³-hybridized carbons (Fsp3) is 0.455. The van der Waals surface area contributed by atoms with E-state index in [1.54, 1.807) is 24.5 Å². The molecular formula is C11H14N4OS. The normalized spacial score (nSPS) is 16.9. The number of aliphatic hydroxyl groups excluding tert-OH is 1. The Balaban J connectivity index is 1.82. The minimum atomic E-state index is -0.437. The van der Waals surface area contributed by atoms with Crippen molar-refractivity contribution in [3.63, 3.8) is 0 Å². The van der Waals surface area contributed by atoms with Gasteiger partial charge in [-0.25, -0.2) is 9.97 Å². The smallest absolute Gasteiger partial charge is 0.186 e. The highest BCUT2D eigenvalue weighted by Gasteiger charge is 2.19. The molecule has 6 heteroatoms. The lowest BCUT2D eigenvalue weighted by Crippen LogP contribution is -2.33. The summed E-state index contributed by atoms with van der Waals surface area (Å²) >= 11 is 1.55. The largest absolute Gasteiger partial charge is 0.388 e. The van der Waals surface area contributed by atoms with E-state index in [0.717, 1.165) is 35.5 Å². The lowest BCUT2D eigenvalue weighted by atomic mass is 10.4. The van der Waals surface area contributed by atoms with E-state index in [1.807, 2.05) is 12.4 Å². The Morgan fingerprint density at radius 3 is 3.06 bits per heavy atom. The summed E-state index contributed by atoms with van der Waals surface area (Å²) in [5, 5.41) is 10.5. The molecule has 2 aromatic rings. The number of aliphatic hydroxyl groups is 1. The molecule has 1 aliphatic rings. The molecule has 3 rings (SSSR count). The van der Waals surface area contributed by atoms with Crippen LogP contribution >= 0.6 is 11.3 Å². The molecular weight excluding hydrogens is 236 g/mol. The zero-order valence-corrected chi connectivity index (χ0v) is 10.4. The third-order valence-electron chi connectivity index (χ3n) is 2.94. The third kappa shape index (κ3) is 1.94. The second-order valence-electron chi connectivity index (χ2n) is 4.18. The number of thiazole rings is 1. The molecule has 0 aromatic carbocycles. The van der Waals surface area contributed by atoms with Gasteiger partial charge in [0.15, 0.2) is 5.13 Å². The molecule has 17 heavy (non-hydrogen) atoms. The van der Waals surface area contributed by atoms with Gasteiger partial charge in [-0.05, 0) is 6.92 Å². The summed E-state index contributed by atoms with van der Waals surface area (Å²) in [4.78, 5) is 11.8. The van der Waals surface area contributed by atoms with Crippen LogP contribution in [0.2, 0.25) is 0 Å². The van der Waals surface area contributed by atoms with Gasteiger partial charge in [0, 0.05) is 31.7 Å². The van der Waals surface area contributed by atoms with Crippen molar-refractivity contribution in [2.45, 2.75) is 26.1 Å². The number of hydrogen-bond acceptors (Lipinski definition) is 5. The molecule has 0 saturated carbocycles. The van der Waals surface area contributed by atoms with E-state index in [4.69, 9.17) is 0 Å². The number of imidazole rings is 1. The van der Waals surface area contributed by atoms with Gasteiger partial charge in [-0.1, -0.05) is 11.3 Å². The molecule has 90 valence electrons. The predicted molar refractivity (Wildman–Crippen MR) is 66.0 cm³/mol. The van der Waals surface area contributed by atoms with Crippen LogP contribution in [0.5, 0.6) is 0 Å². The zero-order chi connectivity index (χ0) is 11.8. The summed E-state index contributed by atoms with van der Waals surface area (Å²) < 4.78 is 2.17. The average Bonchev–Trinajstić information content (AvgIpc) is 2.97. The molecule has 1 aliphatic heterocycles. The van der Waals surface area contributed by atoms with Gasteiger partial charge in [0.25, 0.3) is 0 Å². The van der Waals surface area contributed by atoms with Crippen LogP contribution in [0.3, 0.4) is 0 Å². The molecule has 5 nitrogen and oxygen atoms in total. The van der Waals surface area contributed by atoms with Gasteiger partial charge in [0.2, 0.25) is 0 Å². The lowest BCUT2D eigenvalue weighted by molar-refractivity contribution is 0.203. The van der Waals surface area contributed by atoms with Crippen LogP contribution in [-0.2, 0) is 13.1 Å². The summed E-state index contributed by atoms with van der Waals surface area (Å²) in [6.45, 7) is 4.44. The number of fused-ring (bicyclic) bond motifs is 1. The van der Waals surface area contributed by atoms with Crippen molar-refractivity contribution < 1.29 is 5.11 Å². The Kier molecular flexibility index (Phi) is 2.60. The number of aromatic nitrogens is 3. The monoisotopic (exact) mass is 250 g/mol. The van der Waals surface area contributed by atoms with Crippen LogP contribution < -0.4 is 4.90 Å². The molecule has 0 aliphatic carbocycles. The maximum absolute atomic E-state index is 9.50. The van der Waals surface area contributed by atoms with Gasteiger partial charge in [-0.3, -0.25) is 0 Å². The highest BCUT2D eigenvalue weighted by molar-refractivity contribution is 7.15. The second-order valence-corrected chi connectivity index (χ2v) is 5.22.